The van der Waals surface area contributed by atoms with Crippen LogP contribution in [-0.2, 0) is 0 Å². The molecule has 2 heteroatoms. The molecule has 1 unspecified atom stereocenters. The van der Waals surface area contributed by atoms with Crippen LogP contribution in [0.4, 0.5) is 5.69 Å². The van der Waals surface area contributed by atoms with Gasteiger partial charge in [0.05, 0.1) is 17.7 Å². The molecule has 0 aliphatic rings. The predicted molar refractivity (Wildman–Crippen MR) is 118 cm³/mol. The van der Waals surface area contributed by atoms with Gasteiger partial charge >= 0.3 is 0 Å². The van der Waals surface area contributed by atoms with Gasteiger partial charge in [0.15, 0.2) is 0 Å². The van der Waals surface area contributed by atoms with Gasteiger partial charge in [-0.05, 0) is 59.9 Å². The predicted octanol–water partition coefficient (Wildman–Crippen LogP) is 6.68. The molecule has 0 radical (unpaired) electrons. The summed E-state index contributed by atoms with van der Waals surface area (Å²) in [5.41, 5.74) is 7.17. The van der Waals surface area contributed by atoms with Gasteiger partial charge < -0.3 is 5.32 Å². The van der Waals surface area contributed by atoms with Crippen LogP contribution in [0.5, 0.6) is 0 Å². The molecule has 0 aliphatic carbocycles. The van der Waals surface area contributed by atoms with Crippen LogP contribution in [0.2, 0.25) is 0 Å². The molecule has 3 aromatic rings. The van der Waals surface area contributed by atoms with E-state index in [2.05, 4.69) is 67.4 Å². The molecular formula is C26H24N2. The van der Waals surface area contributed by atoms with Crippen molar-refractivity contribution in [1.29, 1.82) is 5.26 Å². The van der Waals surface area contributed by atoms with Crippen molar-refractivity contribution in [2.75, 3.05) is 5.32 Å². The molecule has 0 saturated carbocycles. The third-order valence-corrected chi connectivity index (χ3v) is 4.85. The Balaban J connectivity index is 2.02. The van der Waals surface area contributed by atoms with Gasteiger partial charge in [0.1, 0.15) is 0 Å². The number of benzene rings is 3. The standard InChI is InChI=1S/C26H24N2/c1-4-24(25-16-9-8-11-19(25)2)20(3)26(22-13-6-5-7-14-22)28-23-15-10-12-21(17-23)18-27/h4-17,26,28H,3H2,1-2H3/b24-4-. The Bertz CT molecular complexity index is 1040. The average molecular weight is 364 g/mol. The smallest absolute Gasteiger partial charge is 0.0992 e. The second-order valence-corrected chi connectivity index (χ2v) is 6.72. The van der Waals surface area contributed by atoms with Crippen LogP contribution in [-0.4, -0.2) is 0 Å². The lowest BCUT2D eigenvalue weighted by Gasteiger charge is -2.25. The maximum absolute atomic E-state index is 9.22. The van der Waals surface area contributed by atoms with Crippen molar-refractivity contribution < 1.29 is 0 Å². The largest absolute Gasteiger partial charge is 0.374 e. The van der Waals surface area contributed by atoms with Crippen LogP contribution in [0.1, 0.15) is 35.2 Å². The number of hydrogen-bond acceptors (Lipinski definition) is 2. The van der Waals surface area contributed by atoms with Gasteiger partial charge in [-0.1, -0.05) is 73.3 Å². The molecule has 3 aromatic carbocycles. The molecule has 0 fully saturated rings. The van der Waals surface area contributed by atoms with E-state index < -0.39 is 0 Å². The molecule has 3 rings (SSSR count). The summed E-state index contributed by atoms with van der Waals surface area (Å²) in [6.45, 7) is 8.63. The first-order valence-corrected chi connectivity index (χ1v) is 9.37. The highest BCUT2D eigenvalue weighted by molar-refractivity contribution is 5.82. The Morgan fingerprint density at radius 2 is 1.71 bits per heavy atom. The van der Waals surface area contributed by atoms with Crippen molar-refractivity contribution in [2.24, 2.45) is 0 Å². The van der Waals surface area contributed by atoms with Gasteiger partial charge in [-0.2, -0.15) is 5.26 Å². The summed E-state index contributed by atoms with van der Waals surface area (Å²) in [6.07, 6.45) is 2.12. The first-order chi connectivity index (χ1) is 13.6. The first kappa shape index (κ1) is 19.2. The molecule has 138 valence electrons. The second kappa shape index (κ2) is 8.88. The topological polar surface area (TPSA) is 35.8 Å². The van der Waals surface area contributed by atoms with Gasteiger partial charge in [0.2, 0.25) is 0 Å². The fraction of sp³-hybridized carbons (Fsp3) is 0.115. The van der Waals surface area contributed by atoms with Crippen molar-refractivity contribution in [3.05, 3.63) is 119 Å². The van der Waals surface area contributed by atoms with E-state index in [-0.39, 0.29) is 6.04 Å². The number of anilines is 1. The quantitative estimate of drug-likeness (QED) is 0.495. The monoisotopic (exact) mass is 364 g/mol. The molecule has 1 atom stereocenters. The molecule has 0 saturated heterocycles. The lowest BCUT2D eigenvalue weighted by molar-refractivity contribution is 0.947. The molecule has 0 aliphatic heterocycles. The summed E-state index contributed by atoms with van der Waals surface area (Å²) in [5, 5.41) is 12.8. The highest BCUT2D eigenvalue weighted by Crippen LogP contribution is 2.35. The Kier molecular flexibility index (Phi) is 6.09. The Labute approximate surface area is 167 Å². The van der Waals surface area contributed by atoms with Gasteiger partial charge in [-0.25, -0.2) is 0 Å². The highest BCUT2D eigenvalue weighted by atomic mass is 14.9. The summed E-state index contributed by atoms with van der Waals surface area (Å²) in [7, 11) is 0. The van der Waals surface area contributed by atoms with Gasteiger partial charge in [0.25, 0.3) is 0 Å². The van der Waals surface area contributed by atoms with Crippen molar-refractivity contribution in [3.63, 3.8) is 0 Å². The zero-order chi connectivity index (χ0) is 19.9. The fourth-order valence-corrected chi connectivity index (χ4v) is 3.41. The van der Waals surface area contributed by atoms with E-state index >= 15 is 0 Å². The Morgan fingerprint density at radius 3 is 2.39 bits per heavy atom. The third-order valence-electron chi connectivity index (χ3n) is 4.85. The van der Waals surface area contributed by atoms with Crippen molar-refractivity contribution in [1.82, 2.24) is 0 Å². The maximum atomic E-state index is 9.22. The van der Waals surface area contributed by atoms with Crippen molar-refractivity contribution >= 4 is 11.3 Å². The third kappa shape index (κ3) is 4.22. The van der Waals surface area contributed by atoms with E-state index in [0.717, 1.165) is 22.4 Å². The molecule has 0 aromatic heterocycles. The minimum atomic E-state index is -0.110. The number of nitriles is 1. The second-order valence-electron chi connectivity index (χ2n) is 6.72. The molecule has 1 N–H and O–H groups in total. The summed E-state index contributed by atoms with van der Waals surface area (Å²) >= 11 is 0. The highest BCUT2D eigenvalue weighted by Gasteiger charge is 2.20. The van der Waals surface area contributed by atoms with Crippen LogP contribution in [0.15, 0.2) is 97.1 Å². The van der Waals surface area contributed by atoms with Crippen LogP contribution in [0.25, 0.3) is 5.57 Å². The van der Waals surface area contributed by atoms with E-state index in [1.54, 1.807) is 0 Å². The van der Waals surface area contributed by atoms with Crippen LogP contribution in [0, 0.1) is 18.3 Å². The number of nitrogens with zero attached hydrogens (tertiary/aromatic N) is 1. The Hall–Kier alpha value is -3.57. The molecule has 2 nitrogen and oxygen atoms in total. The number of rotatable bonds is 6. The minimum absolute atomic E-state index is 0.110. The summed E-state index contributed by atoms with van der Waals surface area (Å²) in [4.78, 5) is 0. The first-order valence-electron chi connectivity index (χ1n) is 9.37. The normalized spacial score (nSPS) is 12.1. The molecule has 0 heterocycles. The van der Waals surface area contributed by atoms with Crippen LogP contribution >= 0.6 is 0 Å². The van der Waals surface area contributed by atoms with Crippen LogP contribution in [0.3, 0.4) is 0 Å². The summed E-state index contributed by atoms with van der Waals surface area (Å²) < 4.78 is 0. The summed E-state index contributed by atoms with van der Waals surface area (Å²) in [5.74, 6) is 0. The zero-order valence-corrected chi connectivity index (χ0v) is 16.3. The maximum Gasteiger partial charge on any atom is 0.0992 e. The molecule has 0 spiro atoms. The molecule has 0 bridgehead atoms. The lowest BCUT2D eigenvalue weighted by atomic mass is 9.88. The van der Waals surface area contributed by atoms with E-state index in [0.29, 0.717) is 5.56 Å². The lowest BCUT2D eigenvalue weighted by Crippen LogP contribution is -2.14. The number of aryl methyl sites for hydroxylation is 1. The number of hydrogen-bond donors (Lipinski definition) is 1. The van der Waals surface area contributed by atoms with E-state index in [1.807, 2.05) is 49.4 Å². The molecule has 28 heavy (non-hydrogen) atoms. The number of allylic oxidation sites excluding steroid dienone is 1. The van der Waals surface area contributed by atoms with E-state index in [1.165, 1.54) is 11.1 Å². The van der Waals surface area contributed by atoms with Gasteiger partial charge in [0, 0.05) is 5.69 Å². The minimum Gasteiger partial charge on any atom is -0.374 e. The Morgan fingerprint density at radius 1 is 1.00 bits per heavy atom. The van der Waals surface area contributed by atoms with Crippen LogP contribution < -0.4 is 5.32 Å². The van der Waals surface area contributed by atoms with E-state index in [4.69, 9.17) is 0 Å². The number of nitrogens with one attached hydrogen (secondary N) is 1. The van der Waals surface area contributed by atoms with Crippen molar-refractivity contribution in [3.8, 4) is 6.07 Å². The molecule has 0 amide bonds. The average Bonchev–Trinajstić information content (AvgIpc) is 2.74. The summed E-state index contributed by atoms with van der Waals surface area (Å²) in [6, 6.07) is 28.3. The van der Waals surface area contributed by atoms with Gasteiger partial charge in [-0.3, -0.25) is 0 Å². The zero-order valence-electron chi connectivity index (χ0n) is 16.3. The molecular weight excluding hydrogens is 340 g/mol. The van der Waals surface area contributed by atoms with Crippen molar-refractivity contribution in [2.45, 2.75) is 19.9 Å². The SMILES string of the molecule is C=C(/C(=C/C)c1ccccc1C)C(Nc1cccc(C#N)c1)c1ccccc1. The van der Waals surface area contributed by atoms with Gasteiger partial charge in [-0.15, -0.1) is 0 Å². The van der Waals surface area contributed by atoms with E-state index in [9.17, 15) is 5.26 Å². The fourth-order valence-electron chi connectivity index (χ4n) is 3.41.